The van der Waals surface area contributed by atoms with Crippen molar-refractivity contribution in [2.24, 2.45) is 0 Å². The first-order valence-electron chi connectivity index (χ1n) is 9.50. The number of aromatic amines is 1. The molecular weight excluding hydrogens is 400 g/mol. The number of H-pyrrole nitrogens is 1. The van der Waals surface area contributed by atoms with Crippen LogP contribution in [0.2, 0.25) is 0 Å². The molecule has 0 aliphatic carbocycles. The number of rotatable bonds is 8. The van der Waals surface area contributed by atoms with Gasteiger partial charge in [-0.15, -0.1) is 0 Å². The average Bonchev–Trinajstić information content (AvgIpc) is 3.24. The second kappa shape index (κ2) is 9.02. The Hall–Kier alpha value is -3.30. The van der Waals surface area contributed by atoms with Crippen LogP contribution in [0.1, 0.15) is 6.42 Å². The fourth-order valence-corrected chi connectivity index (χ4v) is 3.78. The summed E-state index contributed by atoms with van der Waals surface area (Å²) in [4.78, 5) is 11.8. The monoisotopic (exact) mass is 422 g/mol. The van der Waals surface area contributed by atoms with Crippen molar-refractivity contribution in [3.8, 4) is 0 Å². The van der Waals surface area contributed by atoms with E-state index in [2.05, 4.69) is 25.5 Å². The second-order valence-corrected chi connectivity index (χ2v) is 8.06. The number of nitrogens with one attached hydrogen (secondary N) is 2. The Kier molecular flexibility index (Phi) is 6.01. The SMILES string of the molecule is CS(=O)c1cccc(Nc2nccc(N(CCCO)c3cccc4[nH]ncc34)n2)c1. The number of hydrogen-bond acceptors (Lipinski definition) is 7. The highest BCUT2D eigenvalue weighted by Crippen LogP contribution is 2.31. The first-order chi connectivity index (χ1) is 14.7. The van der Waals surface area contributed by atoms with Crippen LogP contribution in [0.25, 0.3) is 10.9 Å². The maximum Gasteiger partial charge on any atom is 0.229 e. The van der Waals surface area contributed by atoms with Gasteiger partial charge in [0.25, 0.3) is 0 Å². The summed E-state index contributed by atoms with van der Waals surface area (Å²) in [6, 6.07) is 15.1. The lowest BCUT2D eigenvalue weighted by Gasteiger charge is -2.24. The van der Waals surface area contributed by atoms with Crippen LogP contribution in [-0.2, 0) is 10.8 Å². The van der Waals surface area contributed by atoms with Gasteiger partial charge in [0.05, 0.1) is 17.4 Å². The van der Waals surface area contributed by atoms with Crippen molar-refractivity contribution in [3.05, 3.63) is 60.9 Å². The van der Waals surface area contributed by atoms with Gasteiger partial charge >= 0.3 is 0 Å². The first kappa shape index (κ1) is 20.0. The maximum atomic E-state index is 11.8. The highest BCUT2D eigenvalue weighted by molar-refractivity contribution is 7.84. The number of aliphatic hydroxyl groups excluding tert-OH is 1. The number of fused-ring (bicyclic) bond motifs is 1. The molecule has 1 unspecified atom stereocenters. The van der Waals surface area contributed by atoms with E-state index in [1.807, 2.05) is 53.4 Å². The molecule has 0 radical (unpaired) electrons. The Morgan fingerprint density at radius 3 is 2.90 bits per heavy atom. The second-order valence-electron chi connectivity index (χ2n) is 6.68. The van der Waals surface area contributed by atoms with Crippen LogP contribution in [0.15, 0.2) is 65.8 Å². The molecule has 0 aliphatic rings. The van der Waals surface area contributed by atoms with E-state index in [1.54, 1.807) is 18.6 Å². The van der Waals surface area contributed by atoms with E-state index in [0.29, 0.717) is 24.7 Å². The number of aromatic nitrogens is 4. The third-order valence-corrected chi connectivity index (χ3v) is 5.55. The minimum atomic E-state index is -1.07. The predicted molar refractivity (Wildman–Crippen MR) is 119 cm³/mol. The third-order valence-electron chi connectivity index (χ3n) is 4.63. The quantitative estimate of drug-likeness (QED) is 0.400. The lowest BCUT2D eigenvalue weighted by molar-refractivity contribution is 0.291. The molecule has 1 atom stereocenters. The smallest absolute Gasteiger partial charge is 0.229 e. The number of benzene rings is 2. The number of nitrogens with zero attached hydrogens (tertiary/aromatic N) is 4. The van der Waals surface area contributed by atoms with Gasteiger partial charge in [-0.25, -0.2) is 4.98 Å². The van der Waals surface area contributed by atoms with E-state index in [9.17, 15) is 9.32 Å². The molecule has 2 aromatic heterocycles. The van der Waals surface area contributed by atoms with E-state index in [-0.39, 0.29) is 6.61 Å². The molecule has 0 aliphatic heterocycles. The Morgan fingerprint density at radius 1 is 1.20 bits per heavy atom. The Balaban J connectivity index is 1.68. The zero-order valence-corrected chi connectivity index (χ0v) is 17.3. The van der Waals surface area contributed by atoms with Gasteiger partial charge in [-0.05, 0) is 42.8 Å². The van der Waals surface area contributed by atoms with Crippen LogP contribution in [-0.4, -0.2) is 48.9 Å². The summed E-state index contributed by atoms with van der Waals surface area (Å²) in [6.07, 6.45) is 5.71. The molecule has 0 amide bonds. The van der Waals surface area contributed by atoms with Crippen molar-refractivity contribution in [2.75, 3.05) is 29.6 Å². The predicted octanol–water partition coefficient (Wildman–Crippen LogP) is 3.35. The number of aliphatic hydroxyl groups is 1. The minimum Gasteiger partial charge on any atom is -0.396 e. The number of anilines is 4. The summed E-state index contributed by atoms with van der Waals surface area (Å²) < 4.78 is 11.8. The topological polar surface area (TPSA) is 107 Å². The molecule has 4 rings (SSSR count). The number of hydrogen-bond donors (Lipinski definition) is 3. The van der Waals surface area contributed by atoms with E-state index >= 15 is 0 Å². The molecule has 2 aromatic carbocycles. The molecule has 0 fully saturated rings. The third kappa shape index (κ3) is 4.32. The molecule has 0 bridgehead atoms. The van der Waals surface area contributed by atoms with Crippen molar-refractivity contribution in [3.63, 3.8) is 0 Å². The summed E-state index contributed by atoms with van der Waals surface area (Å²) in [5, 5.41) is 20.7. The minimum absolute atomic E-state index is 0.0784. The summed E-state index contributed by atoms with van der Waals surface area (Å²) in [7, 11) is -1.07. The average molecular weight is 423 g/mol. The lowest BCUT2D eigenvalue weighted by atomic mass is 10.2. The van der Waals surface area contributed by atoms with Crippen LogP contribution in [0.3, 0.4) is 0 Å². The molecule has 30 heavy (non-hydrogen) atoms. The molecule has 0 saturated carbocycles. The van der Waals surface area contributed by atoms with E-state index in [0.717, 1.165) is 27.2 Å². The summed E-state index contributed by atoms with van der Waals surface area (Å²) in [5.74, 6) is 1.13. The molecular formula is C21H22N6O2S. The van der Waals surface area contributed by atoms with E-state index in [4.69, 9.17) is 0 Å². The van der Waals surface area contributed by atoms with Crippen molar-refractivity contribution in [2.45, 2.75) is 11.3 Å². The van der Waals surface area contributed by atoms with Gasteiger partial charge in [0.1, 0.15) is 5.82 Å². The van der Waals surface area contributed by atoms with Gasteiger partial charge in [0, 0.05) is 52.4 Å². The molecule has 9 heteroatoms. The van der Waals surface area contributed by atoms with Gasteiger partial charge in [-0.3, -0.25) is 9.31 Å². The fourth-order valence-electron chi connectivity index (χ4n) is 3.22. The van der Waals surface area contributed by atoms with Gasteiger partial charge in [-0.2, -0.15) is 10.1 Å². The van der Waals surface area contributed by atoms with Crippen LogP contribution >= 0.6 is 0 Å². The lowest BCUT2D eigenvalue weighted by Crippen LogP contribution is -2.21. The fraction of sp³-hybridized carbons (Fsp3) is 0.190. The molecule has 0 saturated heterocycles. The van der Waals surface area contributed by atoms with Gasteiger partial charge in [-0.1, -0.05) is 12.1 Å². The highest BCUT2D eigenvalue weighted by atomic mass is 32.2. The maximum absolute atomic E-state index is 11.8. The molecule has 8 nitrogen and oxygen atoms in total. The first-order valence-corrected chi connectivity index (χ1v) is 11.1. The molecule has 2 heterocycles. The van der Waals surface area contributed by atoms with E-state index in [1.165, 1.54) is 0 Å². The summed E-state index contributed by atoms with van der Waals surface area (Å²) in [6.45, 7) is 0.663. The Morgan fingerprint density at radius 2 is 2.07 bits per heavy atom. The molecule has 4 aromatic rings. The largest absolute Gasteiger partial charge is 0.396 e. The Bertz CT molecular complexity index is 1180. The molecule has 3 N–H and O–H groups in total. The standard InChI is InChI=1S/C21H22N6O2S/c1-30(29)16-6-2-5-15(13-16)24-21-22-10-9-20(25-21)27(11-4-12-28)19-8-3-7-18-17(19)14-23-26-18/h2-3,5-10,13-14,28H,4,11-12H2,1H3,(H,23,26)(H,22,24,25). The van der Waals surface area contributed by atoms with Crippen LogP contribution in [0.4, 0.5) is 23.1 Å². The van der Waals surface area contributed by atoms with Gasteiger partial charge in [0.15, 0.2) is 0 Å². The summed E-state index contributed by atoms with van der Waals surface area (Å²) >= 11 is 0. The van der Waals surface area contributed by atoms with Crippen LogP contribution < -0.4 is 10.2 Å². The van der Waals surface area contributed by atoms with Gasteiger partial charge in [0.2, 0.25) is 5.95 Å². The zero-order valence-electron chi connectivity index (χ0n) is 16.4. The van der Waals surface area contributed by atoms with E-state index < -0.39 is 10.8 Å². The van der Waals surface area contributed by atoms with Crippen molar-refractivity contribution in [1.29, 1.82) is 0 Å². The normalized spacial score (nSPS) is 12.1. The van der Waals surface area contributed by atoms with Crippen molar-refractivity contribution < 1.29 is 9.32 Å². The van der Waals surface area contributed by atoms with Crippen LogP contribution in [0.5, 0.6) is 0 Å². The van der Waals surface area contributed by atoms with Crippen molar-refractivity contribution in [1.82, 2.24) is 20.2 Å². The highest BCUT2D eigenvalue weighted by Gasteiger charge is 2.15. The summed E-state index contributed by atoms with van der Waals surface area (Å²) in [5.41, 5.74) is 2.64. The van der Waals surface area contributed by atoms with Gasteiger partial charge < -0.3 is 15.3 Å². The molecule has 0 spiro atoms. The van der Waals surface area contributed by atoms with Crippen molar-refractivity contribution >= 4 is 44.8 Å². The Labute approximate surface area is 176 Å². The van der Waals surface area contributed by atoms with Crippen LogP contribution in [0, 0.1) is 0 Å². The molecule has 154 valence electrons. The zero-order chi connectivity index (χ0) is 20.9.